The van der Waals surface area contributed by atoms with Gasteiger partial charge < -0.3 is 10.1 Å². The van der Waals surface area contributed by atoms with Crippen LogP contribution in [0.3, 0.4) is 0 Å². The fraction of sp³-hybridized carbons (Fsp3) is 0.192. The van der Waals surface area contributed by atoms with Crippen LogP contribution >= 0.6 is 23.4 Å². The number of amides is 1. The van der Waals surface area contributed by atoms with Crippen LogP contribution in [0, 0.1) is 0 Å². The van der Waals surface area contributed by atoms with E-state index in [1.807, 2.05) is 43.3 Å². The fourth-order valence-corrected chi connectivity index (χ4v) is 4.57. The number of anilines is 1. The third-order valence-corrected chi connectivity index (χ3v) is 6.64. The van der Waals surface area contributed by atoms with E-state index in [-0.39, 0.29) is 5.69 Å². The molecule has 0 saturated heterocycles. The minimum atomic E-state index is -4.51. The van der Waals surface area contributed by atoms with Gasteiger partial charge in [-0.3, -0.25) is 9.36 Å². The van der Waals surface area contributed by atoms with Crippen LogP contribution in [0.2, 0.25) is 5.02 Å². The minimum absolute atomic E-state index is 0.0528. The Balaban J connectivity index is 1.63. The van der Waals surface area contributed by atoms with Crippen LogP contribution in [0.25, 0.3) is 17.1 Å². The van der Waals surface area contributed by atoms with Gasteiger partial charge in [0.2, 0.25) is 5.91 Å². The molecule has 6 nitrogen and oxygen atoms in total. The molecule has 4 aromatic rings. The predicted octanol–water partition coefficient (Wildman–Crippen LogP) is 7.12. The molecule has 192 valence electrons. The van der Waals surface area contributed by atoms with Crippen LogP contribution in [0.4, 0.5) is 18.9 Å². The average Bonchev–Trinajstić information content (AvgIpc) is 3.27. The zero-order valence-corrected chi connectivity index (χ0v) is 21.4. The van der Waals surface area contributed by atoms with Gasteiger partial charge in [-0.05, 0) is 68.4 Å². The molecular weight excluding hydrogens is 525 g/mol. The second kappa shape index (κ2) is 11.3. The van der Waals surface area contributed by atoms with E-state index in [0.717, 1.165) is 29.6 Å². The minimum Gasteiger partial charge on any atom is -0.494 e. The molecule has 1 heterocycles. The molecule has 37 heavy (non-hydrogen) atoms. The number of alkyl halides is 3. The van der Waals surface area contributed by atoms with Crippen molar-refractivity contribution in [1.82, 2.24) is 14.8 Å². The second-order valence-electron chi connectivity index (χ2n) is 7.88. The van der Waals surface area contributed by atoms with Gasteiger partial charge >= 0.3 is 6.18 Å². The molecule has 4 rings (SSSR count). The number of rotatable bonds is 8. The van der Waals surface area contributed by atoms with Crippen LogP contribution in [-0.2, 0) is 11.0 Å². The van der Waals surface area contributed by atoms with Gasteiger partial charge in [-0.15, -0.1) is 10.2 Å². The Hall–Kier alpha value is -3.50. The molecule has 1 amide bonds. The van der Waals surface area contributed by atoms with E-state index >= 15 is 0 Å². The molecule has 11 heteroatoms. The van der Waals surface area contributed by atoms with Crippen molar-refractivity contribution in [2.24, 2.45) is 0 Å². The van der Waals surface area contributed by atoms with E-state index in [1.54, 1.807) is 23.6 Å². The van der Waals surface area contributed by atoms with Crippen molar-refractivity contribution in [2.75, 3.05) is 11.9 Å². The topological polar surface area (TPSA) is 69.0 Å². The number of halogens is 4. The lowest BCUT2D eigenvalue weighted by Gasteiger charge is -2.15. The first kappa shape index (κ1) is 26.6. The van der Waals surface area contributed by atoms with Gasteiger partial charge in [0, 0.05) is 16.9 Å². The Labute approximate surface area is 220 Å². The summed E-state index contributed by atoms with van der Waals surface area (Å²) in [5.74, 6) is 0.689. The number of nitrogens with zero attached hydrogens (tertiary/aromatic N) is 3. The number of hydrogen-bond donors (Lipinski definition) is 1. The fourth-order valence-electron chi connectivity index (χ4n) is 3.48. The summed E-state index contributed by atoms with van der Waals surface area (Å²) in [4.78, 5) is 12.9. The number of thioether (sulfide) groups is 1. The molecule has 0 saturated carbocycles. The molecule has 0 aliphatic carbocycles. The number of aromatic nitrogens is 3. The van der Waals surface area contributed by atoms with Crippen molar-refractivity contribution < 1.29 is 22.7 Å². The molecule has 0 aliphatic heterocycles. The first-order valence-corrected chi connectivity index (χ1v) is 12.5. The maximum Gasteiger partial charge on any atom is 0.416 e. The summed E-state index contributed by atoms with van der Waals surface area (Å²) < 4.78 is 46.4. The molecular formula is C26H22ClF3N4O2S. The van der Waals surface area contributed by atoms with Crippen LogP contribution in [-0.4, -0.2) is 32.5 Å². The van der Waals surface area contributed by atoms with E-state index in [2.05, 4.69) is 15.5 Å². The summed E-state index contributed by atoms with van der Waals surface area (Å²) in [6.45, 7) is 4.06. The largest absolute Gasteiger partial charge is 0.494 e. The number of benzene rings is 3. The number of carbonyl (C=O) groups is 1. The normalized spacial score (nSPS) is 12.3. The van der Waals surface area contributed by atoms with Crippen molar-refractivity contribution in [1.29, 1.82) is 0 Å². The molecule has 0 fully saturated rings. The van der Waals surface area contributed by atoms with E-state index < -0.39 is 22.9 Å². The van der Waals surface area contributed by atoms with Gasteiger partial charge in [0.1, 0.15) is 5.75 Å². The molecule has 1 aromatic heterocycles. The van der Waals surface area contributed by atoms with Crippen LogP contribution in [0.5, 0.6) is 5.75 Å². The average molecular weight is 547 g/mol. The number of hydrogen-bond acceptors (Lipinski definition) is 5. The second-order valence-corrected chi connectivity index (χ2v) is 9.59. The highest BCUT2D eigenvalue weighted by molar-refractivity contribution is 8.00. The summed E-state index contributed by atoms with van der Waals surface area (Å²) in [7, 11) is 0. The Morgan fingerprint density at radius 1 is 1.08 bits per heavy atom. The third kappa shape index (κ3) is 6.26. The third-order valence-electron chi connectivity index (χ3n) is 5.26. The first-order chi connectivity index (χ1) is 17.7. The smallest absolute Gasteiger partial charge is 0.416 e. The maximum absolute atomic E-state index is 13.0. The van der Waals surface area contributed by atoms with Crippen LogP contribution in [0.15, 0.2) is 78.0 Å². The van der Waals surface area contributed by atoms with Crippen LogP contribution in [0.1, 0.15) is 19.4 Å². The zero-order valence-electron chi connectivity index (χ0n) is 19.8. The van der Waals surface area contributed by atoms with Crippen molar-refractivity contribution >= 4 is 35.0 Å². The summed E-state index contributed by atoms with van der Waals surface area (Å²) in [5, 5.41) is 11.4. The SMILES string of the molecule is CCOc1ccc(-n2c(SC(C)C(=O)Nc3cccc(C(F)(F)F)c3)nnc2-c2ccccc2Cl)cc1. The summed E-state index contributed by atoms with van der Waals surface area (Å²) >= 11 is 7.55. The number of ether oxygens (including phenoxy) is 1. The first-order valence-electron chi connectivity index (χ1n) is 11.3. The lowest BCUT2D eigenvalue weighted by Crippen LogP contribution is -2.23. The van der Waals surface area contributed by atoms with Gasteiger partial charge in [-0.2, -0.15) is 13.2 Å². The quantitative estimate of drug-likeness (QED) is 0.238. The van der Waals surface area contributed by atoms with Gasteiger partial charge in [-0.25, -0.2) is 0 Å². The van der Waals surface area contributed by atoms with Crippen molar-refractivity contribution in [3.8, 4) is 22.8 Å². The molecule has 0 spiro atoms. The molecule has 1 N–H and O–H groups in total. The van der Waals surface area contributed by atoms with Crippen molar-refractivity contribution in [2.45, 2.75) is 30.4 Å². The molecule has 1 atom stereocenters. The van der Waals surface area contributed by atoms with E-state index in [1.165, 1.54) is 12.1 Å². The zero-order chi connectivity index (χ0) is 26.6. The highest BCUT2D eigenvalue weighted by atomic mass is 35.5. The molecule has 1 unspecified atom stereocenters. The number of carbonyl (C=O) groups excluding carboxylic acids is 1. The Morgan fingerprint density at radius 3 is 2.49 bits per heavy atom. The molecule has 0 aliphatic rings. The lowest BCUT2D eigenvalue weighted by atomic mass is 10.2. The summed E-state index contributed by atoms with van der Waals surface area (Å²) in [6, 6.07) is 19.0. The monoisotopic (exact) mass is 546 g/mol. The standard InChI is InChI=1S/C26H22ClF3N4O2S/c1-3-36-20-13-11-19(12-14-20)34-23(21-9-4-5-10-22(21)27)32-33-25(34)37-16(2)24(35)31-18-8-6-7-17(15-18)26(28,29)30/h4-16H,3H2,1-2H3,(H,31,35). The Kier molecular flexibility index (Phi) is 8.09. The van der Waals surface area contributed by atoms with E-state index in [9.17, 15) is 18.0 Å². The van der Waals surface area contributed by atoms with Gasteiger partial charge in [-0.1, -0.05) is 41.6 Å². The summed E-state index contributed by atoms with van der Waals surface area (Å²) in [5.41, 5.74) is 0.581. The Morgan fingerprint density at radius 2 is 1.81 bits per heavy atom. The lowest BCUT2D eigenvalue weighted by molar-refractivity contribution is -0.137. The van der Waals surface area contributed by atoms with Crippen molar-refractivity contribution in [3.63, 3.8) is 0 Å². The highest BCUT2D eigenvalue weighted by Gasteiger charge is 2.31. The van der Waals surface area contributed by atoms with E-state index in [0.29, 0.717) is 33.9 Å². The van der Waals surface area contributed by atoms with Crippen molar-refractivity contribution in [3.05, 3.63) is 83.4 Å². The van der Waals surface area contributed by atoms with Gasteiger partial charge in [0.15, 0.2) is 11.0 Å². The van der Waals surface area contributed by atoms with Gasteiger partial charge in [0.25, 0.3) is 0 Å². The van der Waals surface area contributed by atoms with Crippen LogP contribution < -0.4 is 10.1 Å². The molecule has 0 radical (unpaired) electrons. The van der Waals surface area contributed by atoms with Gasteiger partial charge in [0.05, 0.1) is 22.4 Å². The van der Waals surface area contributed by atoms with E-state index in [4.69, 9.17) is 16.3 Å². The maximum atomic E-state index is 13.0. The Bertz CT molecular complexity index is 1390. The molecule has 0 bridgehead atoms. The summed E-state index contributed by atoms with van der Waals surface area (Å²) in [6.07, 6.45) is -4.51. The highest BCUT2D eigenvalue weighted by Crippen LogP contribution is 2.34. The number of nitrogens with one attached hydrogen (secondary N) is 1. The predicted molar refractivity (Wildman–Crippen MR) is 138 cm³/mol. The molecule has 3 aromatic carbocycles.